The predicted molar refractivity (Wildman–Crippen MR) is 98.4 cm³/mol. The van der Waals surface area contributed by atoms with Gasteiger partial charge in [0.1, 0.15) is 0 Å². The normalized spacial score (nSPS) is 14.0. The van der Waals surface area contributed by atoms with Crippen molar-refractivity contribution < 1.29 is 12.9 Å². The largest absolute Gasteiger partial charge is 0.334 e. The third kappa shape index (κ3) is 3.35. The maximum Gasteiger partial charge on any atom is 0.261 e. The second-order valence-electron chi connectivity index (χ2n) is 6.47. The van der Waals surface area contributed by atoms with Crippen LogP contribution in [0.25, 0.3) is 11.5 Å². The number of hydrogen-bond acceptors (Lipinski definition) is 5. The second-order valence-corrected chi connectivity index (χ2v) is 8.15. The average molecular weight is 369 g/mol. The molecule has 2 aromatic carbocycles. The molecule has 1 N–H and O–H groups in total. The highest BCUT2D eigenvalue weighted by molar-refractivity contribution is 7.92. The molecule has 1 aliphatic carbocycles. The fourth-order valence-corrected chi connectivity index (χ4v) is 4.32. The van der Waals surface area contributed by atoms with Gasteiger partial charge < -0.3 is 4.52 Å². The number of nitrogens with one attached hydrogen (secondary N) is 1. The lowest BCUT2D eigenvalue weighted by atomic mass is 9.92. The number of sulfonamides is 1. The van der Waals surface area contributed by atoms with Crippen molar-refractivity contribution in [2.75, 3.05) is 4.72 Å². The van der Waals surface area contributed by atoms with E-state index < -0.39 is 10.0 Å². The van der Waals surface area contributed by atoms with Gasteiger partial charge in [-0.05, 0) is 74.1 Å². The van der Waals surface area contributed by atoms with E-state index in [1.807, 2.05) is 6.07 Å². The summed E-state index contributed by atoms with van der Waals surface area (Å²) in [5, 5.41) is 3.76. The molecule has 0 spiro atoms. The molecule has 1 heterocycles. The zero-order valence-corrected chi connectivity index (χ0v) is 15.2. The number of nitrogens with zero attached hydrogens (tertiary/aromatic N) is 2. The Morgan fingerprint density at radius 1 is 1.04 bits per heavy atom. The van der Waals surface area contributed by atoms with E-state index in [0.717, 1.165) is 24.8 Å². The molecule has 0 saturated carbocycles. The van der Waals surface area contributed by atoms with Crippen molar-refractivity contribution in [2.45, 2.75) is 37.5 Å². The molecule has 0 unspecified atom stereocenters. The molecule has 0 atom stereocenters. The van der Waals surface area contributed by atoms with Gasteiger partial charge in [-0.2, -0.15) is 4.98 Å². The number of rotatable bonds is 4. The van der Waals surface area contributed by atoms with Crippen molar-refractivity contribution in [1.82, 2.24) is 10.1 Å². The molecule has 0 radical (unpaired) electrons. The molecule has 0 saturated heterocycles. The van der Waals surface area contributed by atoms with Gasteiger partial charge in [-0.1, -0.05) is 17.3 Å². The Morgan fingerprint density at radius 2 is 1.85 bits per heavy atom. The van der Waals surface area contributed by atoms with Gasteiger partial charge in [0, 0.05) is 11.3 Å². The quantitative estimate of drug-likeness (QED) is 0.757. The van der Waals surface area contributed by atoms with Gasteiger partial charge in [0.05, 0.1) is 4.90 Å². The summed E-state index contributed by atoms with van der Waals surface area (Å²) in [5.74, 6) is 0.886. The first-order chi connectivity index (χ1) is 12.5. The van der Waals surface area contributed by atoms with Gasteiger partial charge in [-0.15, -0.1) is 0 Å². The van der Waals surface area contributed by atoms with Crippen LogP contribution in [0.5, 0.6) is 0 Å². The van der Waals surface area contributed by atoms with Crippen LogP contribution in [0.2, 0.25) is 0 Å². The van der Waals surface area contributed by atoms with E-state index in [4.69, 9.17) is 4.52 Å². The molecule has 1 aromatic heterocycles. The van der Waals surface area contributed by atoms with E-state index in [-0.39, 0.29) is 4.90 Å². The van der Waals surface area contributed by atoms with Crippen LogP contribution in [0.4, 0.5) is 5.69 Å². The van der Waals surface area contributed by atoms with E-state index >= 15 is 0 Å². The minimum Gasteiger partial charge on any atom is -0.334 e. The molecule has 3 aromatic rings. The van der Waals surface area contributed by atoms with Crippen molar-refractivity contribution in [2.24, 2.45) is 0 Å². The van der Waals surface area contributed by atoms with Crippen LogP contribution in [0, 0.1) is 6.92 Å². The third-order valence-electron chi connectivity index (χ3n) is 4.52. The molecular weight excluding hydrogens is 350 g/mol. The van der Waals surface area contributed by atoms with E-state index in [1.54, 1.807) is 43.3 Å². The number of aromatic nitrogens is 2. The first-order valence-electron chi connectivity index (χ1n) is 8.57. The fraction of sp³-hybridized carbons (Fsp3) is 0.263. The first kappa shape index (κ1) is 16.8. The average Bonchev–Trinajstić information content (AvgIpc) is 3.08. The minimum absolute atomic E-state index is 0.289. The van der Waals surface area contributed by atoms with Crippen LogP contribution >= 0.6 is 0 Å². The molecule has 0 amide bonds. The van der Waals surface area contributed by atoms with Crippen molar-refractivity contribution >= 4 is 15.7 Å². The summed E-state index contributed by atoms with van der Waals surface area (Å²) >= 11 is 0. The van der Waals surface area contributed by atoms with Crippen LogP contribution in [-0.2, 0) is 22.9 Å². The molecule has 134 valence electrons. The van der Waals surface area contributed by atoms with Crippen molar-refractivity contribution in [3.63, 3.8) is 0 Å². The lowest BCUT2D eigenvalue weighted by Gasteiger charge is -2.17. The molecule has 0 fully saturated rings. The van der Waals surface area contributed by atoms with E-state index in [9.17, 15) is 8.42 Å². The van der Waals surface area contributed by atoms with Gasteiger partial charge in [0.15, 0.2) is 5.82 Å². The smallest absolute Gasteiger partial charge is 0.261 e. The van der Waals surface area contributed by atoms with E-state index in [2.05, 4.69) is 14.9 Å². The highest BCUT2D eigenvalue weighted by Gasteiger charge is 2.18. The van der Waals surface area contributed by atoms with Crippen molar-refractivity contribution in [3.05, 3.63) is 59.4 Å². The van der Waals surface area contributed by atoms with E-state index in [1.165, 1.54) is 12.0 Å². The fourth-order valence-electron chi connectivity index (χ4n) is 3.22. The number of anilines is 1. The molecule has 7 heteroatoms. The predicted octanol–water partition coefficient (Wildman–Crippen LogP) is 3.72. The van der Waals surface area contributed by atoms with Crippen LogP contribution in [0.1, 0.15) is 29.8 Å². The summed E-state index contributed by atoms with van der Waals surface area (Å²) in [4.78, 5) is 4.46. The SMILES string of the molecule is Cc1noc(-c2cccc(NS(=O)(=O)c3ccc4c(c3)CCCC4)c2)n1. The highest BCUT2D eigenvalue weighted by Crippen LogP contribution is 2.26. The summed E-state index contributed by atoms with van der Waals surface area (Å²) in [7, 11) is -3.66. The summed E-state index contributed by atoms with van der Waals surface area (Å²) in [5.41, 5.74) is 3.51. The number of fused-ring (bicyclic) bond motifs is 1. The molecule has 6 nitrogen and oxygen atoms in total. The Bertz CT molecular complexity index is 1060. The Kier molecular flexibility index (Phi) is 4.24. The molecule has 1 aliphatic rings. The Hall–Kier alpha value is -2.67. The standard InChI is InChI=1S/C19H19N3O3S/c1-13-20-19(25-21-13)16-7-4-8-17(11-16)22-26(23,24)18-10-9-14-5-2-3-6-15(14)12-18/h4,7-12,22H,2-3,5-6H2,1H3. The van der Waals surface area contributed by atoms with Crippen LogP contribution < -0.4 is 4.72 Å². The van der Waals surface area contributed by atoms with E-state index in [0.29, 0.717) is 23.0 Å². The van der Waals surface area contributed by atoms with Gasteiger partial charge in [0.2, 0.25) is 0 Å². The summed E-state index contributed by atoms with van der Waals surface area (Å²) < 4.78 is 33.3. The first-order valence-corrected chi connectivity index (χ1v) is 10.0. The Labute approximate surface area is 152 Å². The number of hydrogen-bond donors (Lipinski definition) is 1. The summed E-state index contributed by atoms with van der Waals surface area (Å²) in [6.07, 6.45) is 4.23. The minimum atomic E-state index is -3.66. The van der Waals surface area contributed by atoms with Crippen molar-refractivity contribution in [3.8, 4) is 11.5 Å². The lowest BCUT2D eigenvalue weighted by molar-refractivity contribution is 0.425. The molecule has 26 heavy (non-hydrogen) atoms. The Morgan fingerprint density at radius 3 is 2.62 bits per heavy atom. The summed E-state index contributed by atoms with van der Waals surface area (Å²) in [6.45, 7) is 1.73. The second kappa shape index (κ2) is 6.57. The summed E-state index contributed by atoms with van der Waals surface area (Å²) in [6, 6.07) is 12.3. The molecule has 0 aliphatic heterocycles. The number of aryl methyl sites for hydroxylation is 3. The molecule has 0 bridgehead atoms. The maximum atomic E-state index is 12.8. The zero-order chi connectivity index (χ0) is 18.1. The lowest BCUT2D eigenvalue weighted by Crippen LogP contribution is -2.14. The number of benzene rings is 2. The monoisotopic (exact) mass is 369 g/mol. The topological polar surface area (TPSA) is 85.1 Å². The van der Waals surface area contributed by atoms with Crippen molar-refractivity contribution in [1.29, 1.82) is 0 Å². The molecule has 4 rings (SSSR count). The Balaban J connectivity index is 1.62. The van der Waals surface area contributed by atoms with Crippen LogP contribution in [0.15, 0.2) is 51.9 Å². The highest BCUT2D eigenvalue weighted by atomic mass is 32.2. The van der Waals surface area contributed by atoms with Crippen LogP contribution in [0.3, 0.4) is 0 Å². The molecular formula is C19H19N3O3S. The third-order valence-corrected chi connectivity index (χ3v) is 5.90. The van der Waals surface area contributed by atoms with Gasteiger partial charge >= 0.3 is 0 Å². The maximum absolute atomic E-state index is 12.8. The van der Waals surface area contributed by atoms with Gasteiger partial charge in [0.25, 0.3) is 15.9 Å². The zero-order valence-electron chi connectivity index (χ0n) is 14.4. The van der Waals surface area contributed by atoms with Gasteiger partial charge in [-0.25, -0.2) is 8.42 Å². The van der Waals surface area contributed by atoms with Crippen LogP contribution in [-0.4, -0.2) is 18.6 Å². The van der Waals surface area contributed by atoms with Gasteiger partial charge in [-0.3, -0.25) is 4.72 Å².